The minimum absolute atomic E-state index is 0.0118. The molecule has 0 atom stereocenters. The van der Waals surface area contributed by atoms with E-state index in [1.54, 1.807) is 13.3 Å². The van der Waals surface area contributed by atoms with Crippen LogP contribution in [0.15, 0.2) is 47.1 Å². The van der Waals surface area contributed by atoms with Crippen LogP contribution in [-0.2, 0) is 28.9 Å². The number of anilines is 1. The molecule has 0 radical (unpaired) electrons. The number of carbonyl (C=O) groups is 2. The SMILES string of the molecule is Cc1ccc(NC(=O)CN(C)C(=O)Cc2coc3cc4c(cc23)CCC4)cc1. The number of likely N-dealkylation sites (N-methyl/N-ethyl adjacent to an activating group) is 1. The minimum Gasteiger partial charge on any atom is -0.464 e. The molecule has 0 aliphatic heterocycles. The van der Waals surface area contributed by atoms with E-state index in [0.29, 0.717) is 0 Å². The van der Waals surface area contributed by atoms with Crippen LogP contribution in [0.5, 0.6) is 0 Å². The molecule has 28 heavy (non-hydrogen) atoms. The monoisotopic (exact) mass is 376 g/mol. The lowest BCUT2D eigenvalue weighted by Gasteiger charge is -2.16. The van der Waals surface area contributed by atoms with E-state index in [-0.39, 0.29) is 24.8 Å². The highest BCUT2D eigenvalue weighted by Gasteiger charge is 2.19. The molecule has 0 fully saturated rings. The predicted molar refractivity (Wildman–Crippen MR) is 109 cm³/mol. The number of aryl methyl sites for hydroxylation is 3. The number of fused-ring (bicyclic) bond motifs is 2. The highest BCUT2D eigenvalue weighted by atomic mass is 16.3. The van der Waals surface area contributed by atoms with Crippen molar-refractivity contribution in [1.82, 2.24) is 4.90 Å². The molecule has 0 saturated carbocycles. The summed E-state index contributed by atoms with van der Waals surface area (Å²) in [4.78, 5) is 26.3. The van der Waals surface area contributed by atoms with Gasteiger partial charge in [-0.15, -0.1) is 0 Å². The van der Waals surface area contributed by atoms with Gasteiger partial charge in [-0.25, -0.2) is 0 Å². The number of carbonyl (C=O) groups excluding carboxylic acids is 2. The Kier molecular flexibility index (Phi) is 4.90. The van der Waals surface area contributed by atoms with Gasteiger partial charge in [0.1, 0.15) is 5.58 Å². The van der Waals surface area contributed by atoms with E-state index in [9.17, 15) is 9.59 Å². The maximum Gasteiger partial charge on any atom is 0.243 e. The number of hydrogen-bond donors (Lipinski definition) is 1. The van der Waals surface area contributed by atoms with Crippen molar-refractivity contribution < 1.29 is 14.0 Å². The second-order valence-corrected chi connectivity index (χ2v) is 7.57. The van der Waals surface area contributed by atoms with Crippen LogP contribution in [0.4, 0.5) is 5.69 Å². The maximum atomic E-state index is 12.6. The van der Waals surface area contributed by atoms with Crippen LogP contribution in [0.3, 0.4) is 0 Å². The van der Waals surface area contributed by atoms with Gasteiger partial charge in [-0.05, 0) is 61.6 Å². The minimum atomic E-state index is -0.213. The van der Waals surface area contributed by atoms with Crippen LogP contribution in [0, 0.1) is 6.92 Å². The standard InChI is InChI=1S/C23H24N2O3/c1-15-6-8-19(9-7-15)24-22(26)13-25(2)23(27)12-18-14-28-21-11-17-5-3-4-16(17)10-20(18)21/h6-11,14H,3-5,12-13H2,1-2H3,(H,24,26). The molecule has 1 heterocycles. The van der Waals surface area contributed by atoms with Crippen molar-refractivity contribution in [2.45, 2.75) is 32.6 Å². The predicted octanol–water partition coefficient (Wildman–Crippen LogP) is 3.87. The van der Waals surface area contributed by atoms with Crippen LogP contribution in [-0.4, -0.2) is 30.3 Å². The van der Waals surface area contributed by atoms with Gasteiger partial charge in [0.2, 0.25) is 11.8 Å². The smallest absolute Gasteiger partial charge is 0.243 e. The molecule has 1 N–H and O–H groups in total. The lowest BCUT2D eigenvalue weighted by atomic mass is 10.0. The molecule has 1 aliphatic rings. The summed E-state index contributed by atoms with van der Waals surface area (Å²) in [5.74, 6) is -0.322. The first-order chi connectivity index (χ1) is 13.5. The average molecular weight is 376 g/mol. The van der Waals surface area contributed by atoms with E-state index in [1.165, 1.54) is 22.4 Å². The lowest BCUT2D eigenvalue weighted by Crippen LogP contribution is -2.35. The van der Waals surface area contributed by atoms with Gasteiger partial charge in [-0.3, -0.25) is 9.59 Å². The van der Waals surface area contributed by atoms with Gasteiger partial charge in [0, 0.05) is 23.7 Å². The van der Waals surface area contributed by atoms with Crippen molar-refractivity contribution >= 4 is 28.5 Å². The Morgan fingerprint density at radius 1 is 1.11 bits per heavy atom. The van der Waals surface area contributed by atoms with E-state index in [0.717, 1.165) is 40.6 Å². The summed E-state index contributed by atoms with van der Waals surface area (Å²) in [6.07, 6.45) is 5.25. The van der Waals surface area contributed by atoms with Gasteiger partial charge in [0.05, 0.1) is 19.2 Å². The van der Waals surface area contributed by atoms with Gasteiger partial charge < -0.3 is 14.6 Å². The lowest BCUT2D eigenvalue weighted by molar-refractivity contribution is -0.132. The van der Waals surface area contributed by atoms with Gasteiger partial charge in [-0.1, -0.05) is 17.7 Å². The van der Waals surface area contributed by atoms with Crippen molar-refractivity contribution in [3.05, 3.63) is 64.9 Å². The topological polar surface area (TPSA) is 62.6 Å². The molecule has 0 bridgehead atoms. The van der Waals surface area contributed by atoms with Gasteiger partial charge in [0.15, 0.2) is 0 Å². The zero-order valence-corrected chi connectivity index (χ0v) is 16.2. The Morgan fingerprint density at radius 3 is 2.57 bits per heavy atom. The fraction of sp³-hybridized carbons (Fsp3) is 0.304. The first kappa shape index (κ1) is 18.3. The average Bonchev–Trinajstić information content (AvgIpc) is 3.28. The molecule has 2 aromatic carbocycles. The van der Waals surface area contributed by atoms with Crippen LogP contribution >= 0.6 is 0 Å². The number of benzene rings is 2. The Labute approximate surface area is 164 Å². The summed E-state index contributed by atoms with van der Waals surface area (Å²) in [7, 11) is 1.65. The molecular formula is C23H24N2O3. The Bertz CT molecular complexity index is 1030. The Morgan fingerprint density at radius 2 is 1.82 bits per heavy atom. The molecule has 3 aromatic rings. The maximum absolute atomic E-state index is 12.6. The molecule has 1 aromatic heterocycles. The molecule has 5 nitrogen and oxygen atoms in total. The molecular weight excluding hydrogens is 352 g/mol. The number of hydrogen-bond acceptors (Lipinski definition) is 3. The van der Waals surface area contributed by atoms with E-state index in [1.807, 2.05) is 31.2 Å². The van der Waals surface area contributed by atoms with Gasteiger partial charge in [-0.2, -0.15) is 0 Å². The highest BCUT2D eigenvalue weighted by molar-refractivity contribution is 5.95. The third kappa shape index (κ3) is 3.79. The van der Waals surface area contributed by atoms with E-state index >= 15 is 0 Å². The summed E-state index contributed by atoms with van der Waals surface area (Å²) >= 11 is 0. The first-order valence-corrected chi connectivity index (χ1v) is 9.62. The first-order valence-electron chi connectivity index (χ1n) is 9.62. The largest absolute Gasteiger partial charge is 0.464 e. The van der Waals surface area contributed by atoms with Crippen LogP contribution in [0.25, 0.3) is 11.0 Å². The second-order valence-electron chi connectivity index (χ2n) is 7.57. The van der Waals surface area contributed by atoms with Crippen molar-refractivity contribution in [3.8, 4) is 0 Å². The van der Waals surface area contributed by atoms with Crippen molar-refractivity contribution in [2.75, 3.05) is 18.9 Å². The van der Waals surface area contributed by atoms with Crippen molar-refractivity contribution in [2.24, 2.45) is 0 Å². The van der Waals surface area contributed by atoms with Gasteiger partial charge in [0.25, 0.3) is 0 Å². The molecule has 0 saturated heterocycles. The highest BCUT2D eigenvalue weighted by Crippen LogP contribution is 2.30. The quantitative estimate of drug-likeness (QED) is 0.735. The summed E-state index contributed by atoms with van der Waals surface area (Å²) in [6, 6.07) is 11.8. The number of furan rings is 1. The van der Waals surface area contributed by atoms with E-state index in [4.69, 9.17) is 4.42 Å². The normalized spacial score (nSPS) is 12.8. The summed E-state index contributed by atoms with van der Waals surface area (Å²) in [5.41, 5.74) is 6.27. The molecule has 0 unspecified atom stereocenters. The number of nitrogens with one attached hydrogen (secondary N) is 1. The summed E-state index contributed by atoms with van der Waals surface area (Å²) in [5, 5.41) is 3.83. The molecule has 4 rings (SSSR count). The number of nitrogens with zero attached hydrogens (tertiary/aromatic N) is 1. The van der Waals surface area contributed by atoms with Crippen LogP contribution < -0.4 is 5.32 Å². The van der Waals surface area contributed by atoms with Crippen molar-refractivity contribution in [3.63, 3.8) is 0 Å². The number of amides is 2. The zero-order chi connectivity index (χ0) is 19.7. The third-order valence-electron chi connectivity index (χ3n) is 5.35. The van der Waals surface area contributed by atoms with E-state index in [2.05, 4.69) is 17.4 Å². The molecule has 2 amide bonds. The summed E-state index contributed by atoms with van der Waals surface area (Å²) in [6.45, 7) is 2.00. The van der Waals surface area contributed by atoms with E-state index < -0.39 is 0 Å². The van der Waals surface area contributed by atoms with Crippen LogP contribution in [0.1, 0.15) is 28.7 Å². The fourth-order valence-corrected chi connectivity index (χ4v) is 3.72. The number of rotatable bonds is 5. The second kappa shape index (κ2) is 7.50. The molecule has 1 aliphatic carbocycles. The molecule has 5 heteroatoms. The van der Waals surface area contributed by atoms with Gasteiger partial charge >= 0.3 is 0 Å². The Balaban J connectivity index is 1.39. The third-order valence-corrected chi connectivity index (χ3v) is 5.35. The molecule has 0 spiro atoms. The zero-order valence-electron chi connectivity index (χ0n) is 16.2. The molecule has 144 valence electrons. The van der Waals surface area contributed by atoms with Crippen molar-refractivity contribution in [1.29, 1.82) is 0 Å². The van der Waals surface area contributed by atoms with Crippen LogP contribution in [0.2, 0.25) is 0 Å². The Hall–Kier alpha value is -3.08. The summed E-state index contributed by atoms with van der Waals surface area (Å²) < 4.78 is 5.67. The fourth-order valence-electron chi connectivity index (χ4n) is 3.72.